The molecule has 0 radical (unpaired) electrons. The minimum absolute atomic E-state index is 0. The average molecular weight is 1270 g/mol. The van der Waals surface area contributed by atoms with Crippen LogP contribution in [0.15, 0.2) is 30.3 Å². The van der Waals surface area contributed by atoms with Gasteiger partial charge in [0.25, 0.3) is 0 Å². The average Bonchev–Trinajstić information content (AvgIpc) is 3.04. The number of rotatable bonds is 24. The molecule has 1 N–H and O–H groups in total. The monoisotopic (exact) mass is 1270 g/mol. The van der Waals surface area contributed by atoms with Crippen LogP contribution in [-0.4, -0.2) is 120 Å². The van der Waals surface area contributed by atoms with Crippen LogP contribution in [0.5, 0.6) is 17.2 Å². The zero-order valence-corrected chi connectivity index (χ0v) is 37.0. The van der Waals surface area contributed by atoms with E-state index in [1.807, 2.05) is 67.8 Å². The van der Waals surface area contributed by atoms with Gasteiger partial charge in [-0.05, 0) is 110 Å². The molecule has 0 saturated carbocycles. The van der Waals surface area contributed by atoms with Crippen LogP contribution in [0.2, 0.25) is 0 Å². The van der Waals surface area contributed by atoms with E-state index in [9.17, 15) is 59.6 Å². The Kier molecular flexibility index (Phi) is 29.9. The third-order valence-electron chi connectivity index (χ3n) is 6.61. The largest absolute Gasteiger partial charge is 3.00 e. The Labute approximate surface area is 401 Å². The van der Waals surface area contributed by atoms with E-state index in [2.05, 4.69) is 27.8 Å². The van der Waals surface area contributed by atoms with Gasteiger partial charge in [-0.1, -0.05) is 7.43 Å². The molecular weight excluding hydrogens is 1240 g/mol. The molecule has 2 aromatic rings. The number of halogens is 3. The van der Waals surface area contributed by atoms with Gasteiger partial charge in [0.2, 0.25) is 5.91 Å². The van der Waals surface area contributed by atoms with Crippen molar-refractivity contribution < 1.29 is 128 Å². The molecule has 1 amide bonds. The first kappa shape index (κ1) is 55.6. The molecule has 2 aromatic carbocycles. The van der Waals surface area contributed by atoms with Crippen molar-refractivity contribution in [2.75, 3.05) is 58.9 Å². The first-order chi connectivity index (χ1) is 25.0. The number of carbonyl (C=O) groups excluding carboxylic acids is 6. The quantitative estimate of drug-likeness (QED) is 0.0581. The van der Waals surface area contributed by atoms with Crippen LogP contribution >= 0.6 is 67.8 Å². The standard InChI is InChI=1S/C29H33I3N4O15.CH4.Eu.OS/c30-18-10-17(1-2-22(18)50-51-48)49-28-19(31)7-16(8-20(28)32)9-21(29(46)47)33-23(37)11-35(13-25(40)41)5-3-34(12-24(38)39)4-6-36(14-26(42)43)15-27(44)45;;;1-2/h1-2,7-8,10,21,48H,3-6,9,11-15H2,(H,33,37)(H,38,39)(H,40,41)(H,42,43)(H,44,45)(H,46,47);1H4;;/q;;+3;/p-6/t21-;;;/m0.../s1. The fraction of sp³-hybridized carbons (Fsp3) is 0.400. The van der Waals surface area contributed by atoms with Crippen molar-refractivity contribution in [1.82, 2.24) is 20.0 Å². The van der Waals surface area contributed by atoms with E-state index in [1.54, 1.807) is 18.2 Å². The molecule has 0 bridgehead atoms. The van der Waals surface area contributed by atoms with Crippen molar-refractivity contribution >= 4 is 116 Å². The zero-order valence-electron chi connectivity index (χ0n) is 27.3. The second kappa shape index (κ2) is 29.6. The number of carbonyl (C=O) groups is 6. The first-order valence-electron chi connectivity index (χ1n) is 14.5. The van der Waals surface area contributed by atoms with E-state index in [0.717, 1.165) is 9.80 Å². The minimum Gasteiger partial charge on any atom is -0.682 e. The number of hydrogen-bond acceptors (Lipinski definition) is 20. The second-order valence-electron chi connectivity index (χ2n) is 10.6. The van der Waals surface area contributed by atoms with Gasteiger partial charge in [-0.2, -0.15) is 4.21 Å². The van der Waals surface area contributed by atoms with Crippen LogP contribution < -0.4 is 45.7 Å². The molecule has 0 heterocycles. The molecule has 25 heteroatoms. The van der Waals surface area contributed by atoms with Crippen LogP contribution in [0, 0.1) is 60.1 Å². The minimum atomic E-state index is -1.63. The van der Waals surface area contributed by atoms with Crippen molar-refractivity contribution in [3.63, 3.8) is 0 Å². The maximum absolute atomic E-state index is 12.9. The van der Waals surface area contributed by atoms with E-state index in [-0.39, 0.29) is 95.2 Å². The van der Waals surface area contributed by atoms with Gasteiger partial charge >= 0.3 is 49.4 Å². The smallest absolute Gasteiger partial charge is 0.682 e. The molecule has 20 nitrogen and oxygen atoms in total. The summed E-state index contributed by atoms with van der Waals surface area (Å²) in [5.41, 5.74) is 0.479. The van der Waals surface area contributed by atoms with E-state index in [4.69, 9.17) is 8.95 Å². The Bertz CT molecular complexity index is 1580. The number of hydrogen-bond donors (Lipinski definition) is 1. The predicted molar refractivity (Wildman–Crippen MR) is 198 cm³/mol. The summed E-state index contributed by atoms with van der Waals surface area (Å²) >= 11 is 8.72. The van der Waals surface area contributed by atoms with Crippen molar-refractivity contribution in [2.45, 2.75) is 19.9 Å². The number of carboxylic acid groups (broad SMARTS) is 5. The van der Waals surface area contributed by atoms with Crippen molar-refractivity contribution in [3.05, 3.63) is 46.6 Å². The predicted octanol–water partition coefficient (Wildman–Crippen LogP) is -6.14. The van der Waals surface area contributed by atoms with Gasteiger partial charge in [-0.3, -0.25) is 19.5 Å². The van der Waals surface area contributed by atoms with Crippen molar-refractivity contribution in [1.29, 1.82) is 0 Å². The van der Waals surface area contributed by atoms with E-state index in [1.165, 1.54) is 17.0 Å². The van der Waals surface area contributed by atoms with Crippen LogP contribution in [0.25, 0.3) is 0 Å². The number of ether oxygens (including phenoxy) is 1. The Morgan fingerprint density at radius 1 is 0.691 bits per heavy atom. The molecule has 0 spiro atoms. The number of nitrogens with zero attached hydrogens (tertiary/aromatic N) is 3. The number of nitrogens with one attached hydrogen (secondary N) is 1. The SMILES string of the molecule is C.O=C([O-])CN(CCN(CC(=O)[O-])CC(=O)[O-])CCN(CC(=O)[O-])CC(=O)N[C@@H](Cc1cc(I)c(Oc2ccc(OO[O-])c(I)c2)c(I)c1)C(=O)[O-].O=S.[Eu+3]. The summed E-state index contributed by atoms with van der Waals surface area (Å²) in [6.45, 7) is -4.65. The molecular formula is C30H31EuI3N4O16S-3. The molecule has 2 rings (SSSR count). The van der Waals surface area contributed by atoms with Crippen LogP contribution in [0.3, 0.4) is 0 Å². The van der Waals surface area contributed by atoms with Crippen LogP contribution in [0.4, 0.5) is 0 Å². The van der Waals surface area contributed by atoms with E-state index >= 15 is 0 Å². The van der Waals surface area contributed by atoms with Crippen LogP contribution in [0.1, 0.15) is 13.0 Å². The van der Waals surface area contributed by atoms with Gasteiger partial charge < -0.3 is 69.7 Å². The van der Waals surface area contributed by atoms with Crippen molar-refractivity contribution in [3.8, 4) is 17.2 Å². The molecule has 0 unspecified atom stereocenters. The summed E-state index contributed by atoms with van der Waals surface area (Å²) in [4.78, 5) is 77.1. The summed E-state index contributed by atoms with van der Waals surface area (Å²) in [5.74, 6) is -7.82. The van der Waals surface area contributed by atoms with Crippen molar-refractivity contribution in [2.24, 2.45) is 0 Å². The first-order valence-corrected chi connectivity index (χ1v) is 18.1. The maximum Gasteiger partial charge on any atom is 3.00 e. The van der Waals surface area contributed by atoms with Gasteiger partial charge in [0.15, 0.2) is 24.0 Å². The summed E-state index contributed by atoms with van der Waals surface area (Å²) in [7, 11) is 0. The maximum atomic E-state index is 12.9. The fourth-order valence-electron chi connectivity index (χ4n) is 4.46. The summed E-state index contributed by atoms with van der Waals surface area (Å²) in [5, 5.41) is 72.6. The van der Waals surface area contributed by atoms with E-state index < -0.39 is 74.5 Å². The summed E-state index contributed by atoms with van der Waals surface area (Å²) < 4.78 is 15.5. The molecule has 0 aromatic heterocycles. The Morgan fingerprint density at radius 3 is 1.55 bits per heavy atom. The Morgan fingerprint density at radius 2 is 1.13 bits per heavy atom. The number of aliphatic carboxylic acids is 5. The third kappa shape index (κ3) is 22.8. The fourth-order valence-corrected chi connectivity index (χ4v) is 7.15. The normalized spacial score (nSPS) is 11.0. The number of amides is 1. The number of carboxylic acids is 5. The summed E-state index contributed by atoms with van der Waals surface area (Å²) in [6.07, 6.45) is -0.229. The molecule has 1 atom stereocenters. The number of benzene rings is 2. The van der Waals surface area contributed by atoms with Gasteiger partial charge in [0, 0.05) is 52.4 Å². The molecule has 0 saturated heterocycles. The van der Waals surface area contributed by atoms with Crippen LogP contribution in [-0.2, 0) is 52.8 Å². The molecule has 0 aliphatic carbocycles. The van der Waals surface area contributed by atoms with Gasteiger partial charge in [-0.25, -0.2) is 5.04 Å². The van der Waals surface area contributed by atoms with Gasteiger partial charge in [0.1, 0.15) is 5.75 Å². The topological polar surface area (TPSA) is 307 Å². The second-order valence-corrected chi connectivity index (χ2v) is 14.0. The zero-order chi connectivity index (χ0) is 40.2. The molecule has 0 fully saturated rings. The van der Waals surface area contributed by atoms with E-state index in [0.29, 0.717) is 27.8 Å². The Balaban J connectivity index is 0. The molecule has 0 aliphatic rings. The third-order valence-corrected chi connectivity index (χ3v) is 9.05. The Hall–Kier alpha value is -1.55. The molecule has 304 valence electrons. The molecule has 55 heavy (non-hydrogen) atoms. The van der Waals surface area contributed by atoms with Gasteiger partial charge in [0.05, 0.1) is 53.1 Å². The summed E-state index contributed by atoms with van der Waals surface area (Å²) in [6, 6.07) is 6.30. The van der Waals surface area contributed by atoms with Gasteiger partial charge in [-0.15, -0.1) is 0 Å². The molecule has 0 aliphatic heterocycles.